The van der Waals surface area contributed by atoms with E-state index in [-0.39, 0.29) is 52.2 Å². The number of nitrogens with two attached hydrogens (primary N) is 1. The molecule has 0 aliphatic heterocycles. The summed E-state index contributed by atoms with van der Waals surface area (Å²) in [6.07, 6.45) is 0. The summed E-state index contributed by atoms with van der Waals surface area (Å²) in [5.74, 6) is 0.0383. The predicted molar refractivity (Wildman–Crippen MR) is 36.7 cm³/mol. The number of rotatable bonds is 0. The summed E-state index contributed by atoms with van der Waals surface area (Å²) in [7, 11) is 0. The van der Waals surface area contributed by atoms with Crippen LogP contribution in [0.3, 0.4) is 0 Å². The van der Waals surface area contributed by atoms with Crippen molar-refractivity contribution in [1.82, 2.24) is 25.4 Å². The van der Waals surface area contributed by atoms with E-state index in [9.17, 15) is 4.79 Å². The molecule has 0 bridgehead atoms. The minimum absolute atomic E-state index is 0. The molecular weight excluding hydrogens is 171 g/mol. The van der Waals surface area contributed by atoms with Gasteiger partial charge < -0.3 is 5.73 Å². The van der Waals surface area contributed by atoms with Crippen LogP contribution in [0.15, 0.2) is 4.79 Å². The molecule has 0 aliphatic rings. The maximum Gasteiger partial charge on any atom is 1.00 e. The Morgan fingerprint density at radius 1 is 1.33 bits per heavy atom. The third kappa shape index (κ3) is 1.33. The van der Waals surface area contributed by atoms with E-state index >= 15 is 0 Å². The van der Waals surface area contributed by atoms with Crippen LogP contribution in [0.5, 0.6) is 0 Å². The van der Waals surface area contributed by atoms with E-state index in [1.165, 1.54) is 0 Å². The van der Waals surface area contributed by atoms with Gasteiger partial charge >= 0.3 is 29.6 Å². The van der Waals surface area contributed by atoms with Crippen molar-refractivity contribution in [2.24, 2.45) is 0 Å². The van der Waals surface area contributed by atoms with Crippen LogP contribution in [-0.2, 0) is 0 Å². The molecule has 0 aliphatic carbocycles. The van der Waals surface area contributed by atoms with Crippen LogP contribution in [0.4, 0.5) is 5.95 Å². The summed E-state index contributed by atoms with van der Waals surface area (Å²) in [5, 5.41) is 9.42. The summed E-state index contributed by atoms with van der Waals surface area (Å²) in [6, 6.07) is 0. The molecule has 2 rings (SSSR count). The van der Waals surface area contributed by atoms with Crippen LogP contribution in [0, 0.1) is 0 Å². The van der Waals surface area contributed by atoms with Gasteiger partial charge in [-0.1, -0.05) is 0 Å². The monoisotopic (exact) mass is 175 g/mol. The molecule has 0 unspecified atom stereocenters. The number of nitrogens with one attached hydrogen (secondary N) is 2. The quantitative estimate of drug-likeness (QED) is 0.350. The van der Waals surface area contributed by atoms with E-state index in [0.29, 0.717) is 0 Å². The fourth-order valence-corrected chi connectivity index (χ4v) is 0.773. The first kappa shape index (κ1) is 9.17. The van der Waals surface area contributed by atoms with Crippen LogP contribution < -0.4 is 40.9 Å². The SMILES string of the molecule is Nc1nc2n[nH]nc2c(=O)[nH]1.[Na+]. The number of H-pyrrole nitrogens is 2. The van der Waals surface area contributed by atoms with Gasteiger partial charge in [-0.3, -0.25) is 9.78 Å². The van der Waals surface area contributed by atoms with E-state index in [0.717, 1.165) is 0 Å². The molecule has 2 aromatic heterocycles. The summed E-state index contributed by atoms with van der Waals surface area (Å²) in [6.45, 7) is 0. The second kappa shape index (κ2) is 3.21. The summed E-state index contributed by atoms with van der Waals surface area (Å²) >= 11 is 0. The number of nitrogens with zero attached hydrogens (tertiary/aromatic N) is 3. The molecule has 0 saturated carbocycles. The normalized spacial score (nSPS) is 9.67. The third-order valence-electron chi connectivity index (χ3n) is 1.21. The third-order valence-corrected chi connectivity index (χ3v) is 1.21. The maximum absolute atomic E-state index is 11.0. The van der Waals surface area contributed by atoms with Crippen molar-refractivity contribution in [2.45, 2.75) is 0 Å². The first-order valence-electron chi connectivity index (χ1n) is 2.83. The second-order valence-electron chi connectivity index (χ2n) is 1.95. The molecule has 0 amide bonds. The van der Waals surface area contributed by atoms with Crippen LogP contribution >= 0.6 is 0 Å². The van der Waals surface area contributed by atoms with Gasteiger partial charge in [-0.05, 0) is 0 Å². The van der Waals surface area contributed by atoms with Crippen molar-refractivity contribution in [2.75, 3.05) is 5.73 Å². The minimum atomic E-state index is -0.388. The summed E-state index contributed by atoms with van der Waals surface area (Å²) in [4.78, 5) is 17.0. The molecule has 12 heavy (non-hydrogen) atoms. The van der Waals surface area contributed by atoms with Gasteiger partial charge in [-0.25, -0.2) is 0 Å². The van der Waals surface area contributed by atoms with E-state index < -0.39 is 0 Å². The van der Waals surface area contributed by atoms with Crippen molar-refractivity contribution in [3.8, 4) is 0 Å². The molecule has 0 saturated heterocycles. The number of aromatic amines is 2. The molecule has 0 fully saturated rings. The smallest absolute Gasteiger partial charge is 0.369 e. The van der Waals surface area contributed by atoms with Crippen molar-refractivity contribution < 1.29 is 29.6 Å². The Kier molecular flexibility index (Phi) is 2.46. The molecule has 0 spiro atoms. The van der Waals surface area contributed by atoms with Gasteiger partial charge in [0, 0.05) is 0 Å². The molecule has 2 heterocycles. The Labute approximate surface area is 88.1 Å². The standard InChI is InChI=1S/C4H4N6O.Na/c5-4-6-2-1(3(11)7-4)8-10-9-2;/h(H4,5,6,7,8,9,10,11);/q;+1. The molecular formula is C4H4N6NaO+. The molecule has 2 aromatic rings. The van der Waals surface area contributed by atoms with Gasteiger partial charge in [-0.2, -0.15) is 10.2 Å². The van der Waals surface area contributed by atoms with Gasteiger partial charge in [0.1, 0.15) is 0 Å². The average Bonchev–Trinajstić information content (AvgIpc) is 2.34. The largest absolute Gasteiger partial charge is 1.00 e. The Balaban J connectivity index is 0.000000720. The van der Waals surface area contributed by atoms with Crippen LogP contribution in [0.2, 0.25) is 0 Å². The van der Waals surface area contributed by atoms with Gasteiger partial charge in [0.05, 0.1) is 0 Å². The second-order valence-corrected chi connectivity index (χ2v) is 1.95. The van der Waals surface area contributed by atoms with E-state index in [4.69, 9.17) is 5.73 Å². The van der Waals surface area contributed by atoms with Crippen molar-refractivity contribution in [1.29, 1.82) is 0 Å². The Morgan fingerprint density at radius 2 is 2.08 bits per heavy atom. The summed E-state index contributed by atoms with van der Waals surface area (Å²) < 4.78 is 0. The van der Waals surface area contributed by atoms with Crippen molar-refractivity contribution in [3.63, 3.8) is 0 Å². The molecule has 0 aromatic carbocycles. The molecule has 8 heteroatoms. The predicted octanol–water partition coefficient (Wildman–Crippen LogP) is -4.37. The van der Waals surface area contributed by atoms with Crippen molar-refractivity contribution in [3.05, 3.63) is 10.4 Å². The van der Waals surface area contributed by atoms with Gasteiger partial charge in [-0.15, -0.1) is 10.2 Å². The Morgan fingerprint density at radius 3 is 2.83 bits per heavy atom. The average molecular weight is 175 g/mol. The maximum atomic E-state index is 11.0. The molecule has 0 atom stereocenters. The number of fused-ring (bicyclic) bond motifs is 1. The van der Waals surface area contributed by atoms with Gasteiger partial charge in [0.25, 0.3) is 5.56 Å². The summed E-state index contributed by atoms with van der Waals surface area (Å²) in [5.41, 5.74) is 5.24. The van der Waals surface area contributed by atoms with Crippen LogP contribution in [-0.4, -0.2) is 25.4 Å². The first-order valence-corrected chi connectivity index (χ1v) is 2.83. The molecule has 56 valence electrons. The molecule has 4 N–H and O–H groups in total. The zero-order valence-corrected chi connectivity index (χ0v) is 8.33. The van der Waals surface area contributed by atoms with E-state index in [2.05, 4.69) is 25.4 Å². The van der Waals surface area contributed by atoms with Gasteiger partial charge in [0.2, 0.25) is 11.6 Å². The zero-order valence-electron chi connectivity index (χ0n) is 6.33. The fraction of sp³-hybridized carbons (Fsp3) is 0. The Bertz CT molecular complexity index is 446. The number of hydrogen-bond donors (Lipinski definition) is 3. The van der Waals surface area contributed by atoms with E-state index in [1.54, 1.807) is 0 Å². The first-order chi connectivity index (χ1) is 5.27. The molecule has 0 radical (unpaired) electrons. The van der Waals surface area contributed by atoms with Gasteiger partial charge in [0.15, 0.2) is 5.52 Å². The van der Waals surface area contributed by atoms with Crippen LogP contribution in [0.1, 0.15) is 0 Å². The Hall–Kier alpha value is -0.920. The number of anilines is 1. The van der Waals surface area contributed by atoms with Crippen molar-refractivity contribution >= 4 is 17.1 Å². The van der Waals surface area contributed by atoms with E-state index in [1.807, 2.05) is 0 Å². The fourth-order valence-electron chi connectivity index (χ4n) is 0.773. The number of aromatic nitrogens is 5. The minimum Gasteiger partial charge on any atom is -0.369 e. The number of nitrogen functional groups attached to an aromatic ring is 1. The molecule has 7 nitrogen and oxygen atoms in total. The number of hydrogen-bond acceptors (Lipinski definition) is 5. The topological polar surface area (TPSA) is 113 Å². The van der Waals surface area contributed by atoms with Crippen LogP contribution in [0.25, 0.3) is 11.2 Å². The zero-order chi connectivity index (χ0) is 7.84.